The molecule has 2 unspecified atom stereocenters. The average molecular weight is 295 g/mol. The zero-order valence-corrected chi connectivity index (χ0v) is 11.5. The molecule has 5 heteroatoms. The molecule has 2 nitrogen and oxygen atoms in total. The summed E-state index contributed by atoms with van der Waals surface area (Å²) in [7, 11) is 0. The van der Waals surface area contributed by atoms with Gasteiger partial charge in [0.15, 0.2) is 0 Å². The van der Waals surface area contributed by atoms with E-state index >= 15 is 0 Å². The van der Waals surface area contributed by atoms with Crippen molar-refractivity contribution in [1.82, 2.24) is 5.32 Å². The van der Waals surface area contributed by atoms with Crippen molar-refractivity contribution >= 4 is 0 Å². The van der Waals surface area contributed by atoms with Gasteiger partial charge in [-0.2, -0.15) is 0 Å². The van der Waals surface area contributed by atoms with Crippen LogP contribution in [0.1, 0.15) is 30.2 Å². The zero-order valence-electron chi connectivity index (χ0n) is 11.5. The number of hydrogen-bond acceptors (Lipinski definition) is 2. The number of aliphatic hydroxyl groups excluding tert-OH is 1. The summed E-state index contributed by atoms with van der Waals surface area (Å²) in [4.78, 5) is 0. The Morgan fingerprint density at radius 2 is 1.71 bits per heavy atom. The molecule has 2 aromatic carbocycles. The van der Waals surface area contributed by atoms with Gasteiger partial charge in [-0.3, -0.25) is 0 Å². The molecular weight excluding hydrogens is 279 g/mol. The topological polar surface area (TPSA) is 32.3 Å². The van der Waals surface area contributed by atoms with Crippen LogP contribution in [0.25, 0.3) is 0 Å². The Morgan fingerprint density at radius 1 is 1.00 bits per heavy atom. The minimum absolute atomic E-state index is 0.00429. The van der Waals surface area contributed by atoms with Crippen molar-refractivity contribution in [1.29, 1.82) is 0 Å². The third-order valence-electron chi connectivity index (χ3n) is 3.31. The van der Waals surface area contributed by atoms with Gasteiger partial charge in [0.1, 0.15) is 17.5 Å². The van der Waals surface area contributed by atoms with Crippen LogP contribution in [0.15, 0.2) is 42.5 Å². The van der Waals surface area contributed by atoms with Crippen molar-refractivity contribution in [3.8, 4) is 0 Å². The Bertz CT molecular complexity index is 618. The molecule has 0 radical (unpaired) electrons. The molecule has 0 aromatic heterocycles. The Labute approximate surface area is 121 Å². The van der Waals surface area contributed by atoms with Crippen molar-refractivity contribution in [2.45, 2.75) is 19.1 Å². The number of rotatable bonds is 5. The van der Waals surface area contributed by atoms with Crippen molar-refractivity contribution in [2.75, 3.05) is 6.54 Å². The highest BCUT2D eigenvalue weighted by molar-refractivity contribution is 5.22. The summed E-state index contributed by atoms with van der Waals surface area (Å²) in [5.74, 6) is -1.85. The van der Waals surface area contributed by atoms with Gasteiger partial charge in [0.05, 0.1) is 6.10 Å². The van der Waals surface area contributed by atoms with E-state index in [0.29, 0.717) is 5.56 Å². The fourth-order valence-electron chi connectivity index (χ4n) is 2.11. The maximum atomic E-state index is 13.6. The lowest BCUT2D eigenvalue weighted by Crippen LogP contribution is -2.25. The minimum atomic E-state index is -1.14. The van der Waals surface area contributed by atoms with Gasteiger partial charge in [0.2, 0.25) is 0 Å². The highest BCUT2D eigenvalue weighted by Crippen LogP contribution is 2.20. The summed E-state index contributed by atoms with van der Waals surface area (Å²) < 4.78 is 39.9. The van der Waals surface area contributed by atoms with Gasteiger partial charge < -0.3 is 10.4 Å². The van der Waals surface area contributed by atoms with Crippen LogP contribution in [0.4, 0.5) is 13.2 Å². The van der Waals surface area contributed by atoms with Gasteiger partial charge in [-0.1, -0.05) is 24.3 Å². The standard InChI is InChI=1S/C16H16F3NO/c1-10(12-4-2-3-5-14(12)18)20-9-16(21)13-7-6-11(17)8-15(13)19/h2-8,10,16,20-21H,9H2,1H3. The fourth-order valence-corrected chi connectivity index (χ4v) is 2.11. The highest BCUT2D eigenvalue weighted by Gasteiger charge is 2.16. The molecule has 0 aliphatic carbocycles. The summed E-state index contributed by atoms with van der Waals surface area (Å²) >= 11 is 0. The van der Waals surface area contributed by atoms with Gasteiger partial charge in [-0.15, -0.1) is 0 Å². The van der Waals surface area contributed by atoms with Crippen LogP contribution in [0, 0.1) is 17.5 Å². The quantitative estimate of drug-likeness (QED) is 0.885. The predicted octanol–water partition coefficient (Wildman–Crippen LogP) is 3.49. The molecule has 112 valence electrons. The summed E-state index contributed by atoms with van der Waals surface area (Å²) in [6.07, 6.45) is -1.14. The molecule has 0 heterocycles. The lowest BCUT2D eigenvalue weighted by molar-refractivity contribution is 0.166. The van der Waals surface area contributed by atoms with Crippen LogP contribution in [-0.2, 0) is 0 Å². The van der Waals surface area contributed by atoms with Crippen LogP contribution < -0.4 is 5.32 Å². The molecule has 0 aliphatic rings. The first kappa shape index (κ1) is 15.5. The average Bonchev–Trinajstić information content (AvgIpc) is 2.45. The fraction of sp³-hybridized carbons (Fsp3) is 0.250. The molecule has 0 saturated heterocycles. The molecule has 0 bridgehead atoms. The molecule has 0 fully saturated rings. The highest BCUT2D eigenvalue weighted by atomic mass is 19.1. The largest absolute Gasteiger partial charge is 0.387 e. The second-order valence-corrected chi connectivity index (χ2v) is 4.83. The SMILES string of the molecule is CC(NCC(O)c1ccc(F)cc1F)c1ccccc1F. The molecule has 0 aliphatic heterocycles. The third kappa shape index (κ3) is 3.83. The maximum Gasteiger partial charge on any atom is 0.131 e. The molecule has 2 atom stereocenters. The van der Waals surface area contributed by atoms with E-state index in [9.17, 15) is 18.3 Å². The lowest BCUT2D eigenvalue weighted by Gasteiger charge is -2.18. The number of hydrogen-bond donors (Lipinski definition) is 2. The number of benzene rings is 2. The molecule has 0 spiro atoms. The van der Waals surface area contributed by atoms with E-state index in [1.807, 2.05) is 0 Å². The predicted molar refractivity (Wildman–Crippen MR) is 74.1 cm³/mol. The molecule has 2 rings (SSSR count). The van der Waals surface area contributed by atoms with Crippen LogP contribution in [0.5, 0.6) is 0 Å². The van der Waals surface area contributed by atoms with Gasteiger partial charge in [-0.05, 0) is 19.1 Å². The first-order valence-electron chi connectivity index (χ1n) is 6.60. The van der Waals surface area contributed by atoms with Gasteiger partial charge in [0.25, 0.3) is 0 Å². The van der Waals surface area contributed by atoms with Crippen molar-refractivity contribution < 1.29 is 18.3 Å². The van der Waals surface area contributed by atoms with Crippen molar-refractivity contribution in [3.05, 3.63) is 71.0 Å². The molecule has 2 N–H and O–H groups in total. The number of halogens is 3. The van der Waals surface area contributed by atoms with Gasteiger partial charge >= 0.3 is 0 Å². The summed E-state index contributed by atoms with van der Waals surface area (Å²) in [6, 6.07) is 8.96. The second kappa shape index (κ2) is 6.74. The van der Waals surface area contributed by atoms with E-state index < -0.39 is 17.7 Å². The van der Waals surface area contributed by atoms with E-state index in [2.05, 4.69) is 5.32 Å². The Morgan fingerprint density at radius 3 is 2.38 bits per heavy atom. The van der Waals surface area contributed by atoms with Crippen LogP contribution in [0.2, 0.25) is 0 Å². The lowest BCUT2D eigenvalue weighted by atomic mass is 10.1. The van der Waals surface area contributed by atoms with E-state index in [0.717, 1.165) is 12.1 Å². The second-order valence-electron chi connectivity index (χ2n) is 4.83. The van der Waals surface area contributed by atoms with E-state index in [1.165, 1.54) is 12.1 Å². The zero-order chi connectivity index (χ0) is 15.4. The van der Waals surface area contributed by atoms with Crippen LogP contribution >= 0.6 is 0 Å². The molecule has 21 heavy (non-hydrogen) atoms. The molecule has 0 saturated carbocycles. The maximum absolute atomic E-state index is 13.6. The van der Waals surface area contributed by atoms with E-state index in [1.54, 1.807) is 25.1 Å². The third-order valence-corrected chi connectivity index (χ3v) is 3.31. The summed E-state index contributed by atoms with van der Waals surface area (Å²) in [5.41, 5.74) is 0.467. The van der Waals surface area contributed by atoms with Crippen molar-refractivity contribution in [2.24, 2.45) is 0 Å². The van der Waals surface area contributed by atoms with Gasteiger partial charge in [0, 0.05) is 29.8 Å². The number of nitrogens with one attached hydrogen (secondary N) is 1. The minimum Gasteiger partial charge on any atom is -0.387 e. The summed E-state index contributed by atoms with van der Waals surface area (Å²) in [5, 5.41) is 12.9. The monoisotopic (exact) mass is 295 g/mol. The smallest absolute Gasteiger partial charge is 0.131 e. The van der Waals surface area contributed by atoms with Crippen LogP contribution in [0.3, 0.4) is 0 Å². The first-order valence-corrected chi connectivity index (χ1v) is 6.60. The Balaban J connectivity index is 2.01. The normalized spacial score (nSPS) is 14.0. The molecule has 2 aromatic rings. The Kier molecular flexibility index (Phi) is 4.98. The Hall–Kier alpha value is -1.85. The van der Waals surface area contributed by atoms with E-state index in [-0.39, 0.29) is 24.0 Å². The first-order chi connectivity index (χ1) is 9.99. The number of aliphatic hydroxyl groups is 1. The molecule has 0 amide bonds. The molecular formula is C16H16F3NO. The van der Waals surface area contributed by atoms with Crippen molar-refractivity contribution in [3.63, 3.8) is 0 Å². The van der Waals surface area contributed by atoms with Gasteiger partial charge in [-0.25, -0.2) is 13.2 Å². The van der Waals surface area contributed by atoms with Crippen LogP contribution in [-0.4, -0.2) is 11.7 Å². The van der Waals surface area contributed by atoms with E-state index in [4.69, 9.17) is 0 Å². The summed E-state index contributed by atoms with van der Waals surface area (Å²) in [6.45, 7) is 1.77.